The lowest BCUT2D eigenvalue weighted by Crippen LogP contribution is -2.24. The van der Waals surface area contributed by atoms with Crippen LogP contribution in [0.15, 0.2) is 54.4 Å². The van der Waals surface area contributed by atoms with Gasteiger partial charge < -0.3 is 10.2 Å². The van der Waals surface area contributed by atoms with Gasteiger partial charge in [-0.1, -0.05) is 17.4 Å². The Morgan fingerprint density at radius 3 is 2.90 bits per heavy atom. The molecule has 0 spiro atoms. The highest BCUT2D eigenvalue weighted by molar-refractivity contribution is 7.12. The molecule has 0 bridgehead atoms. The van der Waals surface area contributed by atoms with Crippen LogP contribution in [0.1, 0.15) is 22.5 Å². The Balaban J connectivity index is 1.38. The summed E-state index contributed by atoms with van der Waals surface area (Å²) in [6.07, 6.45) is 8.16. The molecule has 0 fully saturated rings. The summed E-state index contributed by atoms with van der Waals surface area (Å²) in [5.41, 5.74) is 5.87. The molecular weight excluding hydrogens is 410 g/mol. The second kappa shape index (κ2) is 8.29. The van der Waals surface area contributed by atoms with E-state index >= 15 is 0 Å². The summed E-state index contributed by atoms with van der Waals surface area (Å²) in [5, 5.41) is 12.5. The Morgan fingerprint density at radius 1 is 1.16 bits per heavy atom. The zero-order valence-electron chi connectivity index (χ0n) is 16.8. The van der Waals surface area contributed by atoms with Crippen molar-refractivity contribution >= 4 is 39.5 Å². The zero-order valence-corrected chi connectivity index (χ0v) is 17.6. The van der Waals surface area contributed by atoms with E-state index in [4.69, 9.17) is 0 Å². The first-order chi connectivity index (χ1) is 15.2. The number of nitrogens with zero attached hydrogens (tertiary/aromatic N) is 6. The van der Waals surface area contributed by atoms with Crippen molar-refractivity contribution in [3.05, 3.63) is 65.7 Å². The SMILES string of the molecule is CN1CC=C(c2cc(C(=O)Nc3cc4cc(-c5nncs5)cnc4cn3)ccn2)CC1. The van der Waals surface area contributed by atoms with Crippen molar-refractivity contribution in [1.29, 1.82) is 0 Å². The van der Waals surface area contributed by atoms with E-state index in [-0.39, 0.29) is 5.91 Å². The number of nitrogens with one attached hydrogen (secondary N) is 1. The standard InChI is InChI=1S/C22H19N7OS/c1-29-6-3-14(4-7-29)18-9-15(2-5-23-18)21(30)27-20-10-16-8-17(22-28-26-13-31-22)11-24-19(16)12-25-20/h2-3,5,8-13H,4,6-7H2,1H3,(H,25,27,30). The van der Waals surface area contributed by atoms with Crippen LogP contribution in [-0.2, 0) is 0 Å². The summed E-state index contributed by atoms with van der Waals surface area (Å²) >= 11 is 1.45. The fraction of sp³-hybridized carbons (Fsp3) is 0.182. The maximum Gasteiger partial charge on any atom is 0.256 e. The molecule has 4 aromatic rings. The van der Waals surface area contributed by atoms with Gasteiger partial charge >= 0.3 is 0 Å². The molecule has 0 saturated heterocycles. The molecule has 5 heterocycles. The summed E-state index contributed by atoms with van der Waals surface area (Å²) in [6, 6.07) is 7.33. The van der Waals surface area contributed by atoms with Gasteiger partial charge in [0.2, 0.25) is 0 Å². The molecule has 0 aromatic carbocycles. The molecule has 1 aliphatic rings. The number of carbonyl (C=O) groups is 1. The molecule has 0 unspecified atom stereocenters. The van der Waals surface area contributed by atoms with Gasteiger partial charge in [0, 0.05) is 42.0 Å². The van der Waals surface area contributed by atoms with Gasteiger partial charge in [-0.3, -0.25) is 14.8 Å². The molecule has 8 nitrogen and oxygen atoms in total. The lowest BCUT2D eigenvalue weighted by atomic mass is 10.0. The average Bonchev–Trinajstić information content (AvgIpc) is 3.34. The number of fused-ring (bicyclic) bond motifs is 1. The Morgan fingerprint density at radius 2 is 2.10 bits per heavy atom. The number of pyridine rings is 3. The molecule has 154 valence electrons. The number of carbonyl (C=O) groups excluding carboxylic acids is 1. The summed E-state index contributed by atoms with van der Waals surface area (Å²) in [6.45, 7) is 1.87. The van der Waals surface area contributed by atoms with Crippen LogP contribution in [0.4, 0.5) is 5.82 Å². The maximum absolute atomic E-state index is 12.9. The van der Waals surface area contributed by atoms with Crippen LogP contribution in [0.2, 0.25) is 0 Å². The number of anilines is 1. The van der Waals surface area contributed by atoms with Gasteiger partial charge in [0.15, 0.2) is 0 Å². The van der Waals surface area contributed by atoms with Crippen molar-refractivity contribution in [3.8, 4) is 10.6 Å². The van der Waals surface area contributed by atoms with E-state index in [1.165, 1.54) is 16.9 Å². The molecule has 4 aromatic heterocycles. The van der Waals surface area contributed by atoms with Crippen molar-refractivity contribution in [2.75, 3.05) is 25.5 Å². The van der Waals surface area contributed by atoms with Gasteiger partial charge in [0.1, 0.15) is 16.3 Å². The first kappa shape index (κ1) is 19.4. The molecule has 9 heteroatoms. The van der Waals surface area contributed by atoms with Crippen LogP contribution >= 0.6 is 11.3 Å². The second-order valence-electron chi connectivity index (χ2n) is 7.36. The second-order valence-corrected chi connectivity index (χ2v) is 8.19. The highest BCUT2D eigenvalue weighted by Crippen LogP contribution is 2.25. The van der Waals surface area contributed by atoms with Gasteiger partial charge in [0.05, 0.1) is 17.4 Å². The van der Waals surface area contributed by atoms with Gasteiger partial charge in [-0.05, 0) is 43.3 Å². The summed E-state index contributed by atoms with van der Waals surface area (Å²) < 4.78 is 0. The Kier molecular flexibility index (Phi) is 5.19. The van der Waals surface area contributed by atoms with Crippen molar-refractivity contribution in [1.82, 2.24) is 30.0 Å². The van der Waals surface area contributed by atoms with E-state index in [0.717, 1.165) is 46.7 Å². The first-order valence-corrected chi connectivity index (χ1v) is 10.7. The largest absolute Gasteiger partial charge is 0.307 e. The number of amides is 1. The van der Waals surface area contributed by atoms with Gasteiger partial charge in [-0.25, -0.2) is 4.98 Å². The van der Waals surface area contributed by atoms with E-state index in [1.807, 2.05) is 18.2 Å². The lowest BCUT2D eigenvalue weighted by molar-refractivity contribution is 0.102. The van der Waals surface area contributed by atoms with Crippen LogP contribution in [0.3, 0.4) is 0 Å². The molecule has 1 amide bonds. The minimum Gasteiger partial charge on any atom is -0.307 e. The summed E-state index contributed by atoms with van der Waals surface area (Å²) in [4.78, 5) is 28.3. The minimum atomic E-state index is -0.225. The lowest BCUT2D eigenvalue weighted by Gasteiger charge is -2.21. The van der Waals surface area contributed by atoms with E-state index in [2.05, 4.69) is 48.5 Å². The molecule has 0 radical (unpaired) electrons. The first-order valence-electron chi connectivity index (χ1n) is 9.83. The number of hydrogen-bond acceptors (Lipinski definition) is 8. The van der Waals surface area contributed by atoms with Crippen LogP contribution in [0, 0.1) is 0 Å². The van der Waals surface area contributed by atoms with E-state index in [1.54, 1.807) is 30.2 Å². The number of aromatic nitrogens is 5. The Bertz CT molecular complexity index is 1290. The topological polar surface area (TPSA) is 96.8 Å². The fourth-order valence-corrected chi connectivity index (χ4v) is 3.99. The van der Waals surface area contributed by atoms with E-state index in [0.29, 0.717) is 11.4 Å². The molecule has 0 atom stereocenters. The Labute approximate surface area is 182 Å². The number of likely N-dealkylation sites (N-methyl/N-ethyl adjacent to an activating group) is 1. The molecule has 1 N–H and O–H groups in total. The van der Waals surface area contributed by atoms with Crippen LogP contribution < -0.4 is 5.32 Å². The molecule has 1 aliphatic heterocycles. The Hall–Kier alpha value is -3.56. The van der Waals surface area contributed by atoms with E-state index in [9.17, 15) is 4.79 Å². The molecular formula is C22H19N7OS. The zero-order chi connectivity index (χ0) is 21.2. The molecule has 31 heavy (non-hydrogen) atoms. The predicted octanol–water partition coefficient (Wildman–Crippen LogP) is 3.51. The monoisotopic (exact) mass is 429 g/mol. The van der Waals surface area contributed by atoms with Crippen LogP contribution in [0.5, 0.6) is 0 Å². The van der Waals surface area contributed by atoms with Crippen molar-refractivity contribution in [2.24, 2.45) is 0 Å². The number of hydrogen-bond donors (Lipinski definition) is 1. The smallest absolute Gasteiger partial charge is 0.256 e. The number of rotatable bonds is 4. The third-order valence-electron chi connectivity index (χ3n) is 5.18. The molecule has 5 rings (SSSR count). The third-order valence-corrected chi connectivity index (χ3v) is 5.92. The van der Waals surface area contributed by atoms with Crippen molar-refractivity contribution in [3.63, 3.8) is 0 Å². The quantitative estimate of drug-likeness (QED) is 0.530. The van der Waals surface area contributed by atoms with Gasteiger partial charge in [-0.2, -0.15) is 0 Å². The minimum absolute atomic E-state index is 0.225. The normalized spacial score (nSPS) is 14.4. The average molecular weight is 430 g/mol. The maximum atomic E-state index is 12.9. The van der Waals surface area contributed by atoms with Crippen LogP contribution in [0.25, 0.3) is 27.0 Å². The van der Waals surface area contributed by atoms with Crippen molar-refractivity contribution < 1.29 is 4.79 Å². The van der Waals surface area contributed by atoms with Crippen molar-refractivity contribution in [2.45, 2.75) is 6.42 Å². The van der Waals surface area contributed by atoms with Crippen LogP contribution in [-0.4, -0.2) is 56.1 Å². The summed E-state index contributed by atoms with van der Waals surface area (Å²) in [7, 11) is 2.09. The van der Waals surface area contributed by atoms with E-state index < -0.39 is 0 Å². The van der Waals surface area contributed by atoms with Gasteiger partial charge in [-0.15, -0.1) is 10.2 Å². The highest BCUT2D eigenvalue weighted by atomic mass is 32.1. The molecule has 0 saturated carbocycles. The molecule has 0 aliphatic carbocycles. The predicted molar refractivity (Wildman–Crippen MR) is 121 cm³/mol. The fourth-order valence-electron chi connectivity index (χ4n) is 3.45. The summed E-state index contributed by atoms with van der Waals surface area (Å²) in [5.74, 6) is 0.239. The van der Waals surface area contributed by atoms with Gasteiger partial charge in [0.25, 0.3) is 5.91 Å². The highest BCUT2D eigenvalue weighted by Gasteiger charge is 2.14. The third kappa shape index (κ3) is 4.18.